The fourth-order valence-electron chi connectivity index (χ4n) is 1.59. The number of fused-ring (bicyclic) bond motifs is 1. The molecule has 3 aromatic rings. The zero-order valence-electron chi connectivity index (χ0n) is 8.09. The second-order valence-electron chi connectivity index (χ2n) is 3.24. The Morgan fingerprint density at radius 1 is 1.06 bits per heavy atom. The van der Waals surface area contributed by atoms with Crippen LogP contribution in [-0.4, -0.2) is 15.2 Å². The normalized spacial score (nSPS) is 10.8. The molecule has 2 heterocycles. The Balaban J connectivity index is 2.31. The molecule has 0 aliphatic carbocycles. The Bertz CT molecular complexity index is 645. The summed E-state index contributed by atoms with van der Waals surface area (Å²) in [7, 11) is 0. The number of pyridine rings is 1. The summed E-state index contributed by atoms with van der Waals surface area (Å²) in [6.45, 7) is 0. The van der Waals surface area contributed by atoms with Crippen molar-refractivity contribution in [3.8, 4) is 10.7 Å². The third-order valence-electron chi connectivity index (χ3n) is 2.28. The summed E-state index contributed by atoms with van der Waals surface area (Å²) in [5, 5.41) is 11.3. The number of rotatable bonds is 1. The van der Waals surface area contributed by atoms with Gasteiger partial charge in [0.05, 0.1) is 0 Å². The average Bonchev–Trinajstić information content (AvgIpc) is 2.75. The van der Waals surface area contributed by atoms with Crippen molar-refractivity contribution < 1.29 is 0 Å². The number of aromatic nitrogens is 3. The highest BCUT2D eigenvalue weighted by Crippen LogP contribution is 2.28. The second kappa shape index (κ2) is 4.06. The van der Waals surface area contributed by atoms with E-state index in [1.165, 1.54) is 5.39 Å². The quantitative estimate of drug-likeness (QED) is 0.638. The third-order valence-corrected chi connectivity index (χ3v) is 3.87. The van der Waals surface area contributed by atoms with Crippen molar-refractivity contribution in [2.45, 2.75) is 0 Å². The smallest absolute Gasteiger partial charge is 0.178 e. The van der Waals surface area contributed by atoms with Crippen LogP contribution in [0, 0.1) is 3.01 Å². The molecule has 0 bridgehead atoms. The zero-order valence-corrected chi connectivity index (χ0v) is 11.1. The maximum atomic E-state index is 4.40. The molecule has 16 heavy (non-hydrogen) atoms. The van der Waals surface area contributed by atoms with Gasteiger partial charge in [-0.25, -0.2) is 0 Å². The molecule has 0 saturated carbocycles. The van der Waals surface area contributed by atoms with Crippen LogP contribution < -0.4 is 0 Å². The molecule has 1 aromatic carbocycles. The molecule has 3 rings (SSSR count). The van der Waals surface area contributed by atoms with Crippen LogP contribution in [0.25, 0.3) is 21.5 Å². The lowest BCUT2D eigenvalue weighted by atomic mass is 10.1. The van der Waals surface area contributed by atoms with Gasteiger partial charge in [-0.1, -0.05) is 35.6 Å². The van der Waals surface area contributed by atoms with Crippen LogP contribution in [0.4, 0.5) is 0 Å². The monoisotopic (exact) mass is 339 g/mol. The number of hydrogen-bond donors (Lipinski definition) is 0. The first-order valence-electron chi connectivity index (χ1n) is 4.68. The van der Waals surface area contributed by atoms with Gasteiger partial charge in [-0.2, -0.15) is 0 Å². The molecule has 5 heteroatoms. The minimum absolute atomic E-state index is 0.876. The number of halogens is 1. The van der Waals surface area contributed by atoms with Crippen LogP contribution in [-0.2, 0) is 0 Å². The number of hydrogen-bond acceptors (Lipinski definition) is 4. The van der Waals surface area contributed by atoms with Gasteiger partial charge in [0.1, 0.15) is 5.69 Å². The molecule has 0 unspecified atom stereocenters. The van der Waals surface area contributed by atoms with E-state index < -0.39 is 0 Å². The lowest BCUT2D eigenvalue weighted by Crippen LogP contribution is -1.84. The Kier molecular flexibility index (Phi) is 2.56. The molecule has 0 amide bonds. The van der Waals surface area contributed by atoms with Gasteiger partial charge in [0.2, 0.25) is 0 Å². The highest BCUT2D eigenvalue weighted by Gasteiger charge is 2.09. The fourth-order valence-corrected chi connectivity index (χ4v) is 2.91. The van der Waals surface area contributed by atoms with E-state index in [0.717, 1.165) is 19.1 Å². The molecule has 3 nitrogen and oxygen atoms in total. The van der Waals surface area contributed by atoms with Crippen molar-refractivity contribution in [3.63, 3.8) is 0 Å². The highest BCUT2D eigenvalue weighted by atomic mass is 127. The average molecular weight is 339 g/mol. The van der Waals surface area contributed by atoms with Gasteiger partial charge in [0.15, 0.2) is 8.02 Å². The van der Waals surface area contributed by atoms with Crippen molar-refractivity contribution in [3.05, 3.63) is 39.5 Å². The summed E-state index contributed by atoms with van der Waals surface area (Å²) >= 11 is 3.73. The van der Waals surface area contributed by atoms with Crippen molar-refractivity contribution in [1.29, 1.82) is 0 Å². The standard InChI is InChI=1S/C11H6IN3S/c12-11-15-14-10(16-11)9-8-4-2-1-3-7(8)5-6-13-9/h1-6H. The Morgan fingerprint density at radius 2 is 1.94 bits per heavy atom. The Labute approximate surface area is 110 Å². The molecule has 0 radical (unpaired) electrons. The van der Waals surface area contributed by atoms with Crippen LogP contribution in [0.3, 0.4) is 0 Å². The summed E-state index contributed by atoms with van der Waals surface area (Å²) in [4.78, 5) is 4.40. The fraction of sp³-hybridized carbons (Fsp3) is 0. The molecule has 0 fully saturated rings. The van der Waals surface area contributed by atoms with Gasteiger partial charge < -0.3 is 0 Å². The van der Waals surface area contributed by atoms with Gasteiger partial charge >= 0.3 is 0 Å². The third kappa shape index (κ3) is 1.69. The first-order valence-corrected chi connectivity index (χ1v) is 6.57. The minimum Gasteiger partial charge on any atom is -0.253 e. The van der Waals surface area contributed by atoms with Crippen LogP contribution in [0.15, 0.2) is 36.5 Å². The van der Waals surface area contributed by atoms with Crippen molar-refractivity contribution >= 4 is 44.7 Å². The van der Waals surface area contributed by atoms with Crippen LogP contribution >= 0.6 is 33.9 Å². The zero-order chi connectivity index (χ0) is 11.0. The molecule has 0 aliphatic heterocycles. The van der Waals surface area contributed by atoms with Crippen molar-refractivity contribution in [2.75, 3.05) is 0 Å². The Morgan fingerprint density at radius 3 is 2.75 bits per heavy atom. The number of benzene rings is 1. The number of nitrogens with zero attached hydrogens (tertiary/aromatic N) is 3. The van der Waals surface area contributed by atoms with E-state index in [4.69, 9.17) is 0 Å². The summed E-state index contributed by atoms with van der Waals surface area (Å²) in [6.07, 6.45) is 1.81. The van der Waals surface area contributed by atoms with E-state index in [0.29, 0.717) is 0 Å². The molecule has 0 spiro atoms. The summed E-state index contributed by atoms with van der Waals surface area (Å²) in [5.41, 5.74) is 0.915. The lowest BCUT2D eigenvalue weighted by Gasteiger charge is -2.00. The second-order valence-corrected chi connectivity index (χ2v) is 5.97. The first kappa shape index (κ1) is 10.1. The highest BCUT2D eigenvalue weighted by molar-refractivity contribution is 14.1. The van der Waals surface area contributed by atoms with Gasteiger partial charge in [-0.05, 0) is 34.0 Å². The van der Waals surface area contributed by atoms with Crippen molar-refractivity contribution in [2.24, 2.45) is 0 Å². The van der Waals surface area contributed by atoms with Crippen LogP contribution in [0.5, 0.6) is 0 Å². The summed E-state index contributed by atoms with van der Waals surface area (Å²) in [5.74, 6) is 0. The minimum atomic E-state index is 0.876. The van der Waals surface area contributed by atoms with E-state index in [1.54, 1.807) is 11.3 Å². The van der Waals surface area contributed by atoms with Gasteiger partial charge in [0.25, 0.3) is 0 Å². The van der Waals surface area contributed by atoms with Gasteiger partial charge in [-0.15, -0.1) is 10.2 Å². The first-order chi connectivity index (χ1) is 7.84. The van der Waals surface area contributed by atoms with Crippen LogP contribution in [0.1, 0.15) is 0 Å². The molecule has 78 valence electrons. The topological polar surface area (TPSA) is 38.7 Å². The van der Waals surface area contributed by atoms with E-state index in [2.05, 4.69) is 49.9 Å². The van der Waals surface area contributed by atoms with Crippen molar-refractivity contribution in [1.82, 2.24) is 15.2 Å². The SMILES string of the molecule is Ic1nnc(-c2nccc3ccccc23)s1. The van der Waals surface area contributed by atoms with E-state index in [-0.39, 0.29) is 0 Å². The van der Waals surface area contributed by atoms with E-state index in [9.17, 15) is 0 Å². The molecule has 0 aliphatic rings. The van der Waals surface area contributed by atoms with Gasteiger partial charge in [-0.3, -0.25) is 4.98 Å². The molecule has 0 N–H and O–H groups in total. The van der Waals surface area contributed by atoms with Crippen LogP contribution in [0.2, 0.25) is 0 Å². The summed E-state index contributed by atoms with van der Waals surface area (Å²) < 4.78 is 0.933. The predicted molar refractivity (Wildman–Crippen MR) is 73.4 cm³/mol. The maximum absolute atomic E-state index is 4.40. The maximum Gasteiger partial charge on any atom is 0.178 e. The predicted octanol–water partition coefficient (Wildman–Crippen LogP) is 3.36. The van der Waals surface area contributed by atoms with E-state index in [1.807, 2.05) is 24.4 Å². The molecule has 2 aromatic heterocycles. The van der Waals surface area contributed by atoms with Gasteiger partial charge in [0, 0.05) is 11.6 Å². The largest absolute Gasteiger partial charge is 0.253 e. The molecule has 0 saturated heterocycles. The van der Waals surface area contributed by atoms with E-state index >= 15 is 0 Å². The molecular weight excluding hydrogens is 333 g/mol. The lowest BCUT2D eigenvalue weighted by molar-refractivity contribution is 1.07. The molecular formula is C11H6IN3S. The summed E-state index contributed by atoms with van der Waals surface area (Å²) in [6, 6.07) is 10.2. The Hall–Kier alpha value is -1.08. The molecule has 0 atom stereocenters.